The van der Waals surface area contributed by atoms with Crippen molar-refractivity contribution in [3.63, 3.8) is 0 Å². The molecule has 0 radical (unpaired) electrons. The van der Waals surface area contributed by atoms with E-state index in [0.717, 1.165) is 22.4 Å². The van der Waals surface area contributed by atoms with Crippen molar-refractivity contribution in [2.24, 2.45) is 11.3 Å². The Morgan fingerprint density at radius 1 is 0.975 bits per heavy atom. The highest BCUT2D eigenvalue weighted by Crippen LogP contribution is 2.59. The van der Waals surface area contributed by atoms with Crippen molar-refractivity contribution in [2.45, 2.75) is 45.2 Å². The van der Waals surface area contributed by atoms with Crippen LogP contribution in [0, 0.1) is 11.3 Å². The molecule has 1 amide bonds. The van der Waals surface area contributed by atoms with Gasteiger partial charge in [0.2, 0.25) is 12.7 Å². The predicted molar refractivity (Wildman–Crippen MR) is 152 cm³/mol. The van der Waals surface area contributed by atoms with Crippen LogP contribution in [0.15, 0.2) is 72.8 Å². The van der Waals surface area contributed by atoms with Gasteiger partial charge in [0.15, 0.2) is 23.1 Å². The van der Waals surface area contributed by atoms with Gasteiger partial charge in [-0.05, 0) is 48.4 Å². The second-order valence-electron chi connectivity index (χ2n) is 12.1. The summed E-state index contributed by atoms with van der Waals surface area (Å²) in [6, 6.07) is 19.1. The average molecular weight is 535 g/mol. The number of ether oxygens (including phenoxy) is 2. The van der Waals surface area contributed by atoms with Gasteiger partial charge in [-0.1, -0.05) is 63.2 Å². The standard InChI is InChI=1S/C33H30N2O5/c1-18-15-26-33(21-10-6-7-11-22(21)34-31(33)38)27(29(36)19-13-14-24-25(16-19)40-17-39-24)28(30(37)32(2,3)4)35(26)23-12-8-5-9-20(18)23/h5-16,26-28H,17H2,1-4H3,(H,34,38)/t26-,27-,28-,33-/m0/s1. The molecule has 0 aromatic heterocycles. The highest BCUT2D eigenvalue weighted by Gasteiger charge is 2.71. The van der Waals surface area contributed by atoms with E-state index in [1.54, 1.807) is 18.2 Å². The summed E-state index contributed by atoms with van der Waals surface area (Å²) in [5.41, 5.74) is 2.54. The van der Waals surface area contributed by atoms with Crippen LogP contribution in [0.25, 0.3) is 5.57 Å². The van der Waals surface area contributed by atoms with Crippen LogP contribution in [0.2, 0.25) is 0 Å². The van der Waals surface area contributed by atoms with Crippen molar-refractivity contribution >= 4 is 34.4 Å². The third-order valence-corrected chi connectivity index (χ3v) is 8.83. The van der Waals surface area contributed by atoms with E-state index >= 15 is 0 Å². The molecule has 4 atom stereocenters. The van der Waals surface area contributed by atoms with E-state index in [0.29, 0.717) is 22.7 Å². The van der Waals surface area contributed by atoms with Crippen LogP contribution >= 0.6 is 0 Å². The molecular formula is C33H30N2O5. The third-order valence-electron chi connectivity index (χ3n) is 8.83. The van der Waals surface area contributed by atoms with E-state index in [4.69, 9.17) is 9.47 Å². The molecule has 4 aliphatic heterocycles. The first-order valence-corrected chi connectivity index (χ1v) is 13.6. The number of para-hydroxylation sites is 2. The molecule has 0 bridgehead atoms. The van der Waals surface area contributed by atoms with Gasteiger partial charge in [-0.2, -0.15) is 0 Å². The molecular weight excluding hydrogens is 504 g/mol. The van der Waals surface area contributed by atoms with Crippen LogP contribution in [0.1, 0.15) is 49.2 Å². The average Bonchev–Trinajstić information content (AvgIpc) is 3.61. The number of ketones is 2. The fourth-order valence-corrected chi connectivity index (χ4v) is 7.06. The molecule has 1 spiro atoms. The number of hydrogen-bond acceptors (Lipinski definition) is 6. The van der Waals surface area contributed by atoms with Crippen molar-refractivity contribution in [3.05, 3.63) is 89.5 Å². The van der Waals surface area contributed by atoms with E-state index < -0.39 is 28.8 Å². The molecule has 0 unspecified atom stereocenters. The summed E-state index contributed by atoms with van der Waals surface area (Å²) in [7, 11) is 0. The molecule has 4 heterocycles. The number of allylic oxidation sites excluding steroid dienone is 1. The minimum atomic E-state index is -1.33. The molecule has 7 rings (SSSR count). The summed E-state index contributed by atoms with van der Waals surface area (Å²) in [5.74, 6) is -0.585. The maximum absolute atomic E-state index is 14.9. The van der Waals surface area contributed by atoms with Gasteiger partial charge in [0, 0.05) is 27.9 Å². The second-order valence-corrected chi connectivity index (χ2v) is 12.1. The monoisotopic (exact) mass is 534 g/mol. The number of Topliss-reactive ketones (excluding diaryl/α,β-unsaturated/α-hetero) is 2. The van der Waals surface area contributed by atoms with Crippen LogP contribution in [0.5, 0.6) is 11.5 Å². The highest BCUT2D eigenvalue weighted by molar-refractivity contribution is 6.17. The van der Waals surface area contributed by atoms with E-state index in [-0.39, 0.29) is 24.3 Å². The van der Waals surface area contributed by atoms with Gasteiger partial charge in [0.05, 0.1) is 12.0 Å². The van der Waals surface area contributed by atoms with Crippen LogP contribution in [0.4, 0.5) is 11.4 Å². The first kappa shape index (κ1) is 24.6. The van der Waals surface area contributed by atoms with Crippen molar-refractivity contribution in [3.8, 4) is 11.5 Å². The zero-order chi connectivity index (χ0) is 28.0. The fraction of sp³-hybridized carbons (Fsp3) is 0.303. The number of nitrogens with zero attached hydrogens (tertiary/aromatic N) is 1. The first-order valence-electron chi connectivity index (χ1n) is 13.6. The van der Waals surface area contributed by atoms with Gasteiger partial charge < -0.3 is 19.7 Å². The van der Waals surface area contributed by atoms with Crippen molar-refractivity contribution in [2.75, 3.05) is 17.0 Å². The van der Waals surface area contributed by atoms with E-state index in [2.05, 4.69) is 11.4 Å². The van der Waals surface area contributed by atoms with E-state index in [1.807, 2.05) is 81.1 Å². The molecule has 40 heavy (non-hydrogen) atoms. The summed E-state index contributed by atoms with van der Waals surface area (Å²) >= 11 is 0. The Labute approximate surface area is 232 Å². The Hall–Kier alpha value is -4.39. The van der Waals surface area contributed by atoms with Gasteiger partial charge in [-0.25, -0.2) is 0 Å². The largest absolute Gasteiger partial charge is 0.454 e. The van der Waals surface area contributed by atoms with Crippen molar-refractivity contribution in [1.29, 1.82) is 0 Å². The maximum Gasteiger partial charge on any atom is 0.238 e. The molecule has 1 fully saturated rings. The maximum atomic E-state index is 14.9. The summed E-state index contributed by atoms with van der Waals surface area (Å²) in [5, 5.41) is 3.08. The van der Waals surface area contributed by atoms with Crippen molar-refractivity contribution in [1.82, 2.24) is 0 Å². The third kappa shape index (κ3) is 3.14. The molecule has 7 heteroatoms. The topological polar surface area (TPSA) is 84.9 Å². The molecule has 0 aliphatic carbocycles. The first-order chi connectivity index (χ1) is 19.1. The number of anilines is 2. The molecule has 1 saturated heterocycles. The Morgan fingerprint density at radius 3 is 2.50 bits per heavy atom. The zero-order valence-corrected chi connectivity index (χ0v) is 22.9. The lowest BCUT2D eigenvalue weighted by atomic mass is 9.63. The molecule has 202 valence electrons. The minimum Gasteiger partial charge on any atom is -0.454 e. The van der Waals surface area contributed by atoms with E-state index in [1.165, 1.54) is 0 Å². The quantitative estimate of drug-likeness (QED) is 0.454. The van der Waals surface area contributed by atoms with Crippen LogP contribution < -0.4 is 19.7 Å². The molecule has 1 N–H and O–H groups in total. The van der Waals surface area contributed by atoms with E-state index in [9.17, 15) is 14.4 Å². The zero-order valence-electron chi connectivity index (χ0n) is 22.9. The Bertz CT molecular complexity index is 1650. The number of benzene rings is 3. The number of rotatable bonds is 3. The van der Waals surface area contributed by atoms with Crippen molar-refractivity contribution < 1.29 is 23.9 Å². The number of carbonyl (C=O) groups is 3. The molecule has 4 aliphatic rings. The SMILES string of the molecule is CC1=C[C@@H]2N(c3ccccc31)[C@H](C(=O)C(C)(C)C)[C@@H](C(=O)c1ccc3c(c1)OCO3)[C@@]21C(=O)Nc2ccccc21. The Kier molecular flexibility index (Phi) is 5.12. The summed E-state index contributed by atoms with van der Waals surface area (Å²) < 4.78 is 11.1. The summed E-state index contributed by atoms with van der Waals surface area (Å²) in [6.07, 6.45) is 2.07. The van der Waals surface area contributed by atoms with Gasteiger partial charge in [0.1, 0.15) is 11.5 Å². The van der Waals surface area contributed by atoms with Crippen LogP contribution in [0.3, 0.4) is 0 Å². The summed E-state index contributed by atoms with van der Waals surface area (Å²) in [6.45, 7) is 7.72. The Balaban J connectivity index is 1.54. The fourth-order valence-electron chi connectivity index (χ4n) is 7.06. The smallest absolute Gasteiger partial charge is 0.238 e. The number of hydrogen-bond donors (Lipinski definition) is 1. The second kappa shape index (κ2) is 8.31. The van der Waals surface area contributed by atoms with Gasteiger partial charge in [-0.15, -0.1) is 0 Å². The highest BCUT2D eigenvalue weighted by atomic mass is 16.7. The summed E-state index contributed by atoms with van der Waals surface area (Å²) in [4.78, 5) is 45.8. The number of nitrogens with one attached hydrogen (secondary N) is 1. The van der Waals surface area contributed by atoms with Crippen LogP contribution in [-0.2, 0) is 15.0 Å². The molecule has 7 nitrogen and oxygen atoms in total. The van der Waals surface area contributed by atoms with Gasteiger partial charge in [0.25, 0.3) is 0 Å². The number of carbonyl (C=O) groups excluding carboxylic acids is 3. The minimum absolute atomic E-state index is 0.0813. The predicted octanol–water partition coefficient (Wildman–Crippen LogP) is 5.39. The molecule has 3 aromatic carbocycles. The Morgan fingerprint density at radius 2 is 1.70 bits per heavy atom. The lowest BCUT2D eigenvalue weighted by molar-refractivity contribution is -0.128. The molecule has 3 aromatic rings. The lowest BCUT2D eigenvalue weighted by Gasteiger charge is -2.39. The number of fused-ring (bicyclic) bond motifs is 7. The van der Waals surface area contributed by atoms with Gasteiger partial charge in [-0.3, -0.25) is 14.4 Å². The lowest BCUT2D eigenvalue weighted by Crippen LogP contribution is -2.51. The normalized spacial score (nSPS) is 25.7. The number of amides is 1. The molecule has 0 saturated carbocycles. The van der Waals surface area contributed by atoms with Gasteiger partial charge >= 0.3 is 0 Å². The van der Waals surface area contributed by atoms with Crippen LogP contribution in [-0.4, -0.2) is 36.4 Å².